The molecule has 0 radical (unpaired) electrons. The van der Waals surface area contributed by atoms with Crippen LogP contribution < -0.4 is 20.1 Å². The third-order valence-electron chi connectivity index (χ3n) is 12.5. The van der Waals surface area contributed by atoms with Crippen molar-refractivity contribution in [1.82, 2.24) is 25.2 Å². The summed E-state index contributed by atoms with van der Waals surface area (Å²) in [5.74, 6) is -4.61. The number of sulfonamides is 1. The highest BCUT2D eigenvalue weighted by Gasteiger charge is 2.64. The van der Waals surface area contributed by atoms with Crippen LogP contribution in [0.2, 0.25) is 0 Å². The molecule has 1 spiro atoms. The number of amides is 4. The molecule has 4 amide bonds. The number of halogens is 4. The van der Waals surface area contributed by atoms with Crippen molar-refractivity contribution in [2.24, 2.45) is 5.92 Å². The van der Waals surface area contributed by atoms with Gasteiger partial charge in [0.2, 0.25) is 27.7 Å². The quantitative estimate of drug-likeness (QED) is 0.216. The van der Waals surface area contributed by atoms with E-state index in [0.717, 1.165) is 10.9 Å². The number of ether oxygens (including phenoxy) is 1. The molecular weight excluding hydrogens is 795 g/mol. The zero-order valence-corrected chi connectivity index (χ0v) is 33.2. The summed E-state index contributed by atoms with van der Waals surface area (Å²) in [5, 5.41) is 5.89. The Bertz CT molecular complexity index is 2370. The van der Waals surface area contributed by atoms with Gasteiger partial charge in [0.05, 0.1) is 16.8 Å². The number of aromatic nitrogens is 1. The summed E-state index contributed by atoms with van der Waals surface area (Å²) in [6.45, 7) is 1.31. The van der Waals surface area contributed by atoms with Crippen LogP contribution in [-0.4, -0.2) is 82.6 Å². The lowest BCUT2D eigenvalue weighted by molar-refractivity contribution is -0.156. The first-order valence-corrected chi connectivity index (χ1v) is 21.5. The maximum Gasteiger partial charge on any atom is 0.397 e. The summed E-state index contributed by atoms with van der Waals surface area (Å²) in [6.07, 6.45) is 0.458. The monoisotopic (exact) mass is 839 g/mol. The van der Waals surface area contributed by atoms with Crippen molar-refractivity contribution in [3.63, 3.8) is 0 Å². The average Bonchev–Trinajstić information content (AvgIpc) is 4.07. The Hall–Kier alpha value is -5.06. The van der Waals surface area contributed by atoms with Gasteiger partial charge in [0.15, 0.2) is 0 Å². The summed E-state index contributed by atoms with van der Waals surface area (Å²) < 4.78 is 89.0. The van der Waals surface area contributed by atoms with Gasteiger partial charge in [0, 0.05) is 28.9 Å². The number of hydrogen-bond donors (Lipinski definition) is 3. The smallest absolute Gasteiger partial charge is 0.397 e. The van der Waals surface area contributed by atoms with Gasteiger partial charge in [-0.1, -0.05) is 55.3 Å². The van der Waals surface area contributed by atoms with Crippen molar-refractivity contribution in [2.45, 2.75) is 118 Å². The number of benzene rings is 2. The van der Waals surface area contributed by atoms with Gasteiger partial charge in [-0.15, -0.1) is 0 Å². The van der Waals surface area contributed by atoms with Crippen molar-refractivity contribution in [1.29, 1.82) is 0 Å². The molecule has 0 bridgehead atoms. The van der Waals surface area contributed by atoms with Crippen LogP contribution in [0.25, 0.3) is 22.2 Å². The van der Waals surface area contributed by atoms with E-state index in [1.54, 1.807) is 12.1 Å². The molecule has 5 aliphatic rings. The average molecular weight is 840 g/mol. The molecular formula is C42H45F4N5O7S. The fourth-order valence-corrected chi connectivity index (χ4v) is 10.1. The Labute approximate surface area is 338 Å². The molecule has 2 aromatic carbocycles. The van der Waals surface area contributed by atoms with Crippen LogP contribution in [0.15, 0.2) is 60.7 Å². The topological polar surface area (TPSA) is 164 Å². The highest BCUT2D eigenvalue weighted by atomic mass is 32.2. The van der Waals surface area contributed by atoms with Crippen LogP contribution in [0.5, 0.6) is 5.75 Å². The second-order valence-electron chi connectivity index (χ2n) is 16.9. The molecule has 3 N–H and O–H groups in total. The second-order valence-corrected chi connectivity index (χ2v) is 19.1. The zero-order valence-electron chi connectivity index (χ0n) is 32.4. The number of fused-ring (bicyclic) bond motifs is 5. The number of hydrogen-bond acceptors (Lipinski definition) is 8. The lowest BCUT2D eigenvalue weighted by Gasteiger charge is -2.37. The Morgan fingerprint density at radius 2 is 1.81 bits per heavy atom. The number of alkyl halides is 3. The molecule has 59 heavy (non-hydrogen) atoms. The van der Waals surface area contributed by atoms with Crippen LogP contribution in [0.4, 0.5) is 17.6 Å². The van der Waals surface area contributed by atoms with E-state index in [-0.39, 0.29) is 32.2 Å². The fourth-order valence-electron chi connectivity index (χ4n) is 8.74. The summed E-state index contributed by atoms with van der Waals surface area (Å²) in [5.41, 5.74) is -0.746. The molecule has 1 aromatic heterocycles. The van der Waals surface area contributed by atoms with Crippen molar-refractivity contribution >= 4 is 44.6 Å². The van der Waals surface area contributed by atoms with E-state index in [2.05, 4.69) is 15.4 Å². The molecule has 314 valence electrons. The predicted octanol–water partition coefficient (Wildman–Crippen LogP) is 5.54. The Balaban J connectivity index is 1.18. The van der Waals surface area contributed by atoms with E-state index in [4.69, 9.17) is 9.72 Å². The van der Waals surface area contributed by atoms with Crippen LogP contribution in [-0.2, 0) is 35.6 Å². The third-order valence-corrected chi connectivity index (χ3v) is 14.7. The molecule has 5 atom stereocenters. The first-order valence-electron chi connectivity index (χ1n) is 20.0. The van der Waals surface area contributed by atoms with E-state index in [1.165, 1.54) is 30.0 Å². The maximum absolute atomic E-state index is 14.7. The number of carbonyl (C=O) groups excluding carboxylic acids is 4. The fraction of sp³-hybridized carbons (Fsp3) is 0.500. The van der Waals surface area contributed by atoms with Gasteiger partial charge in [-0.05, 0) is 76.5 Å². The normalized spacial score (nSPS) is 28.5. The molecule has 2 aliphatic carbocycles. The highest BCUT2D eigenvalue weighted by molar-refractivity contribution is 7.91. The van der Waals surface area contributed by atoms with E-state index >= 15 is 0 Å². The SMILES string of the molecule is CC1(S(=O)(=O)NC(=O)[C@@]23C[C@H]2/C=C\CCCCC[C@H](NC(=O)CC(F)(F)F)C(=O)N2C[C@@]4(CCc5c(c(-c6cccc(F)c6)nc6ccccc56)O4)C[C@H]2C(=O)N3)CC1. The summed E-state index contributed by atoms with van der Waals surface area (Å²) >= 11 is 0. The van der Waals surface area contributed by atoms with Crippen LogP contribution in [0.3, 0.4) is 0 Å². The molecule has 4 heterocycles. The highest BCUT2D eigenvalue weighted by Crippen LogP contribution is 2.50. The minimum atomic E-state index is -4.83. The molecule has 3 aromatic rings. The Morgan fingerprint density at radius 1 is 1.03 bits per heavy atom. The van der Waals surface area contributed by atoms with Crippen LogP contribution in [0, 0.1) is 11.7 Å². The van der Waals surface area contributed by atoms with E-state index in [0.29, 0.717) is 67.5 Å². The number of carbonyl (C=O) groups is 4. The molecule has 17 heteroatoms. The van der Waals surface area contributed by atoms with Gasteiger partial charge in [0.1, 0.15) is 46.9 Å². The number of allylic oxidation sites excluding steroid dienone is 1. The largest absolute Gasteiger partial charge is 0.483 e. The van der Waals surface area contributed by atoms with E-state index in [9.17, 15) is 45.2 Å². The van der Waals surface area contributed by atoms with Gasteiger partial charge >= 0.3 is 6.18 Å². The van der Waals surface area contributed by atoms with Crippen LogP contribution in [0.1, 0.15) is 83.1 Å². The van der Waals surface area contributed by atoms with Gasteiger partial charge in [-0.3, -0.25) is 23.9 Å². The molecule has 12 nitrogen and oxygen atoms in total. The Kier molecular flexibility index (Phi) is 10.3. The molecule has 3 fully saturated rings. The summed E-state index contributed by atoms with van der Waals surface area (Å²) in [6, 6.07) is 10.5. The number of nitrogens with one attached hydrogen (secondary N) is 3. The van der Waals surface area contributed by atoms with Crippen molar-refractivity contribution in [2.75, 3.05) is 6.54 Å². The van der Waals surface area contributed by atoms with Gasteiger partial charge in [0.25, 0.3) is 5.91 Å². The maximum atomic E-state index is 14.7. The summed E-state index contributed by atoms with van der Waals surface area (Å²) in [4.78, 5) is 62.1. The zero-order chi connectivity index (χ0) is 42.0. The first kappa shape index (κ1) is 40.7. The van der Waals surface area contributed by atoms with Gasteiger partial charge < -0.3 is 20.3 Å². The molecule has 8 rings (SSSR count). The number of para-hydroxylation sites is 1. The minimum Gasteiger partial charge on any atom is -0.483 e. The van der Waals surface area contributed by atoms with Crippen molar-refractivity contribution in [3.8, 4) is 17.0 Å². The number of aryl methyl sites for hydroxylation is 1. The standard InChI is InChI=1S/C42H45F4N5O7S/c1-39(18-19-39)59(56,57)50-38(55)41-21-26(41)11-5-3-2-4-6-15-31(47-33(52)23-42(44,45)46)37(54)51-24-40(22-32(51)36(53)49-41)17-16-29-28-13-7-8-14-30(28)48-34(35(29)58-40)25-10-9-12-27(43)20-25/h5,7-14,20,26,31-32H,2-4,6,15-19,21-24H2,1H3,(H,47,52)(H,49,53)(H,50,55)/b11-5-/t26-,31+,32+,40-,41-/m1/s1. The number of nitrogens with zero attached hydrogens (tertiary/aromatic N) is 2. The molecule has 2 saturated carbocycles. The summed E-state index contributed by atoms with van der Waals surface area (Å²) in [7, 11) is -4.09. The lowest BCUT2D eigenvalue weighted by atomic mass is 9.86. The Morgan fingerprint density at radius 3 is 2.56 bits per heavy atom. The van der Waals surface area contributed by atoms with Crippen molar-refractivity contribution < 1.29 is 49.9 Å². The van der Waals surface area contributed by atoms with Crippen molar-refractivity contribution in [3.05, 3.63) is 72.1 Å². The minimum absolute atomic E-state index is 0.00109. The lowest BCUT2D eigenvalue weighted by Crippen LogP contribution is -2.58. The first-order chi connectivity index (χ1) is 27.9. The molecule has 1 saturated heterocycles. The van der Waals surface area contributed by atoms with E-state index in [1.807, 2.05) is 30.3 Å². The van der Waals surface area contributed by atoms with E-state index < -0.39 is 86.0 Å². The predicted molar refractivity (Wildman–Crippen MR) is 207 cm³/mol. The molecule has 3 aliphatic heterocycles. The number of rotatable bonds is 6. The number of pyridine rings is 1. The van der Waals surface area contributed by atoms with Crippen LogP contribution >= 0.6 is 0 Å². The van der Waals surface area contributed by atoms with Gasteiger partial charge in [-0.2, -0.15) is 13.2 Å². The van der Waals surface area contributed by atoms with Gasteiger partial charge in [-0.25, -0.2) is 17.8 Å². The third kappa shape index (κ3) is 8.01. The molecule has 0 unspecified atom stereocenters. The second kappa shape index (κ2) is 14.9.